The number of nitrogens with zero attached hydrogens (tertiary/aromatic N) is 1. The fourth-order valence-electron chi connectivity index (χ4n) is 3.84. The van der Waals surface area contributed by atoms with E-state index in [0.717, 1.165) is 44.6 Å². The van der Waals surface area contributed by atoms with Gasteiger partial charge in [-0.3, -0.25) is 4.79 Å². The maximum Gasteiger partial charge on any atom is 0.222 e. The lowest BCUT2D eigenvalue weighted by Gasteiger charge is -2.40. The van der Waals surface area contributed by atoms with Crippen LogP contribution in [0.1, 0.15) is 32.1 Å². The zero-order valence-electron chi connectivity index (χ0n) is 15.3. The van der Waals surface area contributed by atoms with Crippen molar-refractivity contribution in [3.05, 3.63) is 23.8 Å². The van der Waals surface area contributed by atoms with Crippen LogP contribution in [0.5, 0.6) is 0 Å². The van der Waals surface area contributed by atoms with Crippen molar-refractivity contribution in [1.82, 2.24) is 10.2 Å². The van der Waals surface area contributed by atoms with Gasteiger partial charge >= 0.3 is 0 Å². The predicted octanol–water partition coefficient (Wildman–Crippen LogP) is 1.91. The highest BCUT2D eigenvalue weighted by atomic mass is 32.2. The zero-order chi connectivity index (χ0) is 19.6. The average molecular weight is 401 g/mol. The molecule has 2 fully saturated rings. The summed E-state index contributed by atoms with van der Waals surface area (Å²) in [4.78, 5) is 13.7. The minimum Gasteiger partial charge on any atom is -0.376 e. The first-order valence-electron chi connectivity index (χ1n) is 9.23. The summed E-state index contributed by atoms with van der Waals surface area (Å²) in [6, 6.07) is 1.17. The Labute approximate surface area is 158 Å². The number of anilines is 1. The molecule has 0 saturated carbocycles. The van der Waals surface area contributed by atoms with E-state index in [4.69, 9.17) is 0 Å². The van der Waals surface area contributed by atoms with Crippen molar-refractivity contribution in [2.75, 3.05) is 31.2 Å². The topological polar surface area (TPSA) is 78.5 Å². The molecule has 2 saturated heterocycles. The Hall–Kier alpha value is -1.74. The van der Waals surface area contributed by atoms with Crippen LogP contribution in [0.4, 0.5) is 14.5 Å². The average Bonchev–Trinajstić information content (AvgIpc) is 2.82. The largest absolute Gasteiger partial charge is 0.376 e. The van der Waals surface area contributed by atoms with E-state index in [-0.39, 0.29) is 23.7 Å². The van der Waals surface area contributed by atoms with E-state index in [1.807, 2.05) is 4.90 Å². The molecule has 9 heteroatoms. The van der Waals surface area contributed by atoms with Crippen LogP contribution in [0.25, 0.3) is 0 Å². The molecule has 2 heterocycles. The molecule has 27 heavy (non-hydrogen) atoms. The van der Waals surface area contributed by atoms with E-state index in [2.05, 4.69) is 10.6 Å². The molecular weight excluding hydrogens is 376 g/mol. The predicted molar refractivity (Wildman–Crippen MR) is 98.3 cm³/mol. The number of nitrogens with one attached hydrogen (secondary N) is 2. The third-order valence-electron chi connectivity index (χ3n) is 5.22. The molecule has 3 rings (SSSR count). The van der Waals surface area contributed by atoms with Crippen molar-refractivity contribution < 1.29 is 22.0 Å². The maximum atomic E-state index is 14.4. The number of sulfone groups is 1. The summed E-state index contributed by atoms with van der Waals surface area (Å²) in [7, 11) is -3.85. The molecule has 0 aliphatic carbocycles. The van der Waals surface area contributed by atoms with Gasteiger partial charge in [0.2, 0.25) is 5.91 Å². The molecular formula is C18H25F2N3O3S. The fourth-order valence-corrected chi connectivity index (χ4v) is 4.57. The monoisotopic (exact) mass is 401 g/mol. The molecule has 0 bridgehead atoms. The van der Waals surface area contributed by atoms with Crippen LogP contribution in [0.2, 0.25) is 0 Å². The summed E-state index contributed by atoms with van der Waals surface area (Å²) >= 11 is 0. The van der Waals surface area contributed by atoms with E-state index in [9.17, 15) is 22.0 Å². The molecule has 1 unspecified atom stereocenters. The minimum absolute atomic E-state index is 0.0964. The summed E-state index contributed by atoms with van der Waals surface area (Å²) in [5.41, 5.74) is -0.0964. The number of rotatable bonds is 4. The van der Waals surface area contributed by atoms with Gasteiger partial charge in [-0.2, -0.15) is 0 Å². The van der Waals surface area contributed by atoms with Gasteiger partial charge in [-0.25, -0.2) is 17.2 Å². The normalized spacial score (nSPS) is 24.6. The van der Waals surface area contributed by atoms with Crippen LogP contribution >= 0.6 is 0 Å². The second-order valence-electron chi connectivity index (χ2n) is 7.24. The van der Waals surface area contributed by atoms with Crippen molar-refractivity contribution in [2.45, 2.75) is 49.1 Å². The van der Waals surface area contributed by atoms with Crippen LogP contribution in [0.15, 0.2) is 17.0 Å². The first kappa shape index (κ1) is 20.0. The van der Waals surface area contributed by atoms with E-state index in [1.165, 1.54) is 0 Å². The van der Waals surface area contributed by atoms with Crippen LogP contribution in [0, 0.1) is 11.6 Å². The molecule has 2 atom stereocenters. The molecule has 1 aromatic rings. The molecule has 2 aliphatic rings. The number of halogens is 2. The Morgan fingerprint density at radius 3 is 2.70 bits per heavy atom. The number of hydrogen-bond acceptors (Lipinski definition) is 5. The highest BCUT2D eigenvalue weighted by Gasteiger charge is 2.34. The summed E-state index contributed by atoms with van der Waals surface area (Å²) in [6.45, 7) is 1.92. The number of likely N-dealkylation sites (tertiary alicyclic amines) is 1. The number of amides is 1. The highest BCUT2D eigenvalue weighted by molar-refractivity contribution is 7.90. The number of benzene rings is 1. The fraction of sp³-hybridized carbons (Fsp3) is 0.611. The first-order valence-corrected chi connectivity index (χ1v) is 11.1. The third kappa shape index (κ3) is 4.57. The van der Waals surface area contributed by atoms with Crippen molar-refractivity contribution in [2.24, 2.45) is 0 Å². The van der Waals surface area contributed by atoms with Gasteiger partial charge in [-0.1, -0.05) is 6.42 Å². The van der Waals surface area contributed by atoms with Crippen LogP contribution in [0.3, 0.4) is 0 Å². The number of carbonyl (C=O) groups is 1. The van der Waals surface area contributed by atoms with Crippen LogP contribution in [-0.4, -0.2) is 57.2 Å². The smallest absolute Gasteiger partial charge is 0.222 e. The lowest BCUT2D eigenvalue weighted by atomic mass is 9.98. The minimum atomic E-state index is -3.85. The number of hydrogen-bond donors (Lipinski definition) is 2. The van der Waals surface area contributed by atoms with Gasteiger partial charge in [0.15, 0.2) is 9.84 Å². The van der Waals surface area contributed by atoms with Crippen LogP contribution < -0.4 is 10.6 Å². The molecule has 6 nitrogen and oxygen atoms in total. The SMILES string of the molecule is CS(=O)(=O)c1cc(F)c(N[C@@H]2CNCCC2N2CCCCCC2=O)cc1F. The molecule has 150 valence electrons. The first-order chi connectivity index (χ1) is 12.8. The second kappa shape index (κ2) is 8.10. The van der Waals surface area contributed by atoms with Gasteiger partial charge in [-0.15, -0.1) is 0 Å². The molecule has 0 spiro atoms. The van der Waals surface area contributed by atoms with E-state index in [0.29, 0.717) is 25.6 Å². The van der Waals surface area contributed by atoms with E-state index >= 15 is 0 Å². The molecule has 1 aromatic carbocycles. The summed E-state index contributed by atoms with van der Waals surface area (Å²) in [6.07, 6.45) is 4.90. The highest BCUT2D eigenvalue weighted by Crippen LogP contribution is 2.26. The van der Waals surface area contributed by atoms with Crippen LogP contribution in [-0.2, 0) is 14.6 Å². The second-order valence-corrected chi connectivity index (χ2v) is 9.23. The summed E-state index contributed by atoms with van der Waals surface area (Å²) in [5.74, 6) is -1.72. The lowest BCUT2D eigenvalue weighted by molar-refractivity contribution is -0.133. The molecule has 2 aliphatic heterocycles. The third-order valence-corrected chi connectivity index (χ3v) is 6.33. The Kier molecular flexibility index (Phi) is 6.00. The Morgan fingerprint density at radius 2 is 1.96 bits per heavy atom. The molecule has 1 amide bonds. The van der Waals surface area contributed by atoms with Crippen molar-refractivity contribution in [3.63, 3.8) is 0 Å². The summed E-state index contributed by atoms with van der Waals surface area (Å²) in [5, 5.41) is 6.20. The van der Waals surface area contributed by atoms with Gasteiger partial charge in [0, 0.05) is 31.8 Å². The van der Waals surface area contributed by atoms with Gasteiger partial charge in [0.25, 0.3) is 0 Å². The van der Waals surface area contributed by atoms with E-state index in [1.54, 1.807) is 0 Å². The number of piperidine rings is 1. The molecule has 0 aromatic heterocycles. The Bertz CT molecular complexity index is 816. The van der Waals surface area contributed by atoms with Crippen molar-refractivity contribution in [3.8, 4) is 0 Å². The Balaban J connectivity index is 1.84. The molecule has 2 N–H and O–H groups in total. The lowest BCUT2D eigenvalue weighted by Crippen LogP contribution is -2.57. The number of carbonyl (C=O) groups excluding carboxylic acids is 1. The zero-order valence-corrected chi connectivity index (χ0v) is 16.1. The van der Waals surface area contributed by atoms with Crippen molar-refractivity contribution >= 4 is 21.4 Å². The van der Waals surface area contributed by atoms with Gasteiger partial charge < -0.3 is 15.5 Å². The maximum absolute atomic E-state index is 14.4. The van der Waals surface area contributed by atoms with Gasteiger partial charge in [0.05, 0.1) is 17.8 Å². The van der Waals surface area contributed by atoms with Gasteiger partial charge in [-0.05, 0) is 31.9 Å². The Morgan fingerprint density at radius 1 is 1.19 bits per heavy atom. The quantitative estimate of drug-likeness (QED) is 0.806. The molecule has 0 radical (unpaired) electrons. The van der Waals surface area contributed by atoms with E-state index < -0.39 is 26.4 Å². The van der Waals surface area contributed by atoms with Crippen molar-refractivity contribution in [1.29, 1.82) is 0 Å². The van der Waals surface area contributed by atoms with Gasteiger partial charge in [0.1, 0.15) is 16.5 Å². The standard InChI is InChI=1S/C18H25F2N3O3S/c1-27(25,26)17-10-12(19)14(9-13(17)20)22-15-11-21-7-6-16(15)23-8-4-2-3-5-18(23)24/h9-10,15-16,21-22H,2-8,11H2,1H3/t15-,16?/m1/s1. The summed E-state index contributed by atoms with van der Waals surface area (Å²) < 4.78 is 51.7.